The van der Waals surface area contributed by atoms with Crippen LogP contribution in [0, 0.1) is 0 Å². The van der Waals surface area contributed by atoms with Gasteiger partial charge in [-0.3, -0.25) is 9.59 Å². The first-order chi connectivity index (χ1) is 18.7. The molecular weight excluding hydrogens is 500 g/mol. The lowest BCUT2D eigenvalue weighted by Crippen LogP contribution is -2.47. The van der Waals surface area contributed by atoms with Gasteiger partial charge < -0.3 is 29.4 Å². The predicted molar refractivity (Wildman–Crippen MR) is 148 cm³/mol. The Bertz CT molecular complexity index is 1120. The molecule has 0 aliphatic carbocycles. The molecule has 0 unspecified atom stereocenters. The van der Waals surface area contributed by atoms with E-state index in [0.29, 0.717) is 49.8 Å². The highest BCUT2D eigenvalue weighted by Crippen LogP contribution is 2.29. The lowest BCUT2D eigenvalue weighted by atomic mass is 9.94. The SMILES string of the molecule is CCOc1ccccc1CCNC(=O)[C@@]1(CCC(=O)OC(C)(C)C)COC(c2ccc(OCCCO)cc2)=N1. The Balaban J connectivity index is 1.73. The highest BCUT2D eigenvalue weighted by Gasteiger charge is 2.44. The Labute approximate surface area is 230 Å². The summed E-state index contributed by atoms with van der Waals surface area (Å²) in [6.45, 7) is 8.77. The summed E-state index contributed by atoms with van der Waals surface area (Å²) in [7, 11) is 0. The van der Waals surface area contributed by atoms with Gasteiger partial charge in [0, 0.05) is 31.6 Å². The van der Waals surface area contributed by atoms with E-state index < -0.39 is 17.1 Å². The first-order valence-electron chi connectivity index (χ1n) is 13.4. The summed E-state index contributed by atoms with van der Waals surface area (Å²) in [6.07, 6.45) is 1.30. The van der Waals surface area contributed by atoms with E-state index in [1.807, 2.05) is 31.2 Å². The van der Waals surface area contributed by atoms with Gasteiger partial charge in [-0.05, 0) is 76.4 Å². The second-order valence-corrected chi connectivity index (χ2v) is 10.3. The van der Waals surface area contributed by atoms with E-state index in [4.69, 9.17) is 29.0 Å². The Morgan fingerprint density at radius 2 is 1.85 bits per heavy atom. The van der Waals surface area contributed by atoms with Crippen molar-refractivity contribution in [2.24, 2.45) is 4.99 Å². The number of hydrogen-bond donors (Lipinski definition) is 2. The maximum atomic E-state index is 13.5. The van der Waals surface area contributed by atoms with Gasteiger partial charge >= 0.3 is 5.97 Å². The van der Waals surface area contributed by atoms with E-state index in [1.54, 1.807) is 45.0 Å². The molecule has 0 radical (unpaired) electrons. The summed E-state index contributed by atoms with van der Waals surface area (Å²) in [5.74, 6) is 1.08. The van der Waals surface area contributed by atoms with Crippen molar-refractivity contribution in [1.82, 2.24) is 5.32 Å². The lowest BCUT2D eigenvalue weighted by Gasteiger charge is -2.24. The van der Waals surface area contributed by atoms with Gasteiger partial charge in [0.25, 0.3) is 5.91 Å². The molecule has 1 amide bonds. The Morgan fingerprint density at radius 3 is 2.54 bits per heavy atom. The number of aliphatic imine (C=N–C) groups is 1. The molecule has 1 heterocycles. The molecule has 2 aromatic rings. The summed E-state index contributed by atoms with van der Waals surface area (Å²) in [4.78, 5) is 30.7. The van der Waals surface area contributed by atoms with Crippen LogP contribution in [0.1, 0.15) is 58.1 Å². The Hall–Kier alpha value is -3.59. The first-order valence-corrected chi connectivity index (χ1v) is 13.4. The highest BCUT2D eigenvalue weighted by molar-refractivity contribution is 6.00. The molecule has 2 aromatic carbocycles. The zero-order valence-corrected chi connectivity index (χ0v) is 23.3. The van der Waals surface area contributed by atoms with Gasteiger partial charge in [-0.15, -0.1) is 0 Å². The van der Waals surface area contributed by atoms with Crippen molar-refractivity contribution < 1.29 is 33.6 Å². The minimum atomic E-state index is -1.26. The maximum absolute atomic E-state index is 13.5. The van der Waals surface area contributed by atoms with Gasteiger partial charge in [-0.2, -0.15) is 0 Å². The predicted octanol–water partition coefficient (Wildman–Crippen LogP) is 3.84. The van der Waals surface area contributed by atoms with Gasteiger partial charge in [-0.1, -0.05) is 18.2 Å². The molecule has 3 rings (SSSR count). The minimum Gasteiger partial charge on any atom is -0.494 e. The summed E-state index contributed by atoms with van der Waals surface area (Å²) < 4.78 is 22.6. The van der Waals surface area contributed by atoms with Crippen LogP contribution in [-0.4, -0.2) is 67.0 Å². The molecule has 9 nitrogen and oxygen atoms in total. The number of esters is 1. The number of para-hydroxylation sites is 1. The first kappa shape index (κ1) is 30.0. The fourth-order valence-corrected chi connectivity index (χ4v) is 4.08. The fourth-order valence-electron chi connectivity index (χ4n) is 4.08. The van der Waals surface area contributed by atoms with Crippen molar-refractivity contribution in [3.05, 3.63) is 59.7 Å². The molecule has 0 bridgehead atoms. The highest BCUT2D eigenvalue weighted by atomic mass is 16.6. The third-order valence-electron chi connectivity index (χ3n) is 5.97. The molecule has 9 heteroatoms. The number of hydrogen-bond acceptors (Lipinski definition) is 8. The largest absolute Gasteiger partial charge is 0.494 e. The van der Waals surface area contributed by atoms with Crippen molar-refractivity contribution in [3.63, 3.8) is 0 Å². The minimum absolute atomic E-state index is 0.0151. The number of benzene rings is 2. The van der Waals surface area contributed by atoms with Crippen LogP contribution >= 0.6 is 0 Å². The number of aliphatic hydroxyl groups excluding tert-OH is 1. The van der Waals surface area contributed by atoms with Crippen molar-refractivity contribution in [3.8, 4) is 11.5 Å². The molecule has 0 saturated carbocycles. The van der Waals surface area contributed by atoms with E-state index in [2.05, 4.69) is 5.32 Å². The molecule has 1 aliphatic heterocycles. The number of carbonyl (C=O) groups is 2. The molecule has 0 saturated heterocycles. The van der Waals surface area contributed by atoms with Crippen LogP contribution in [0.25, 0.3) is 0 Å². The fraction of sp³-hybridized carbons (Fsp3) is 0.500. The van der Waals surface area contributed by atoms with E-state index in [-0.39, 0.29) is 32.0 Å². The number of carbonyl (C=O) groups excluding carboxylic acids is 2. The second-order valence-electron chi connectivity index (χ2n) is 10.3. The van der Waals surface area contributed by atoms with Crippen LogP contribution in [0.5, 0.6) is 11.5 Å². The standard InChI is InChI=1S/C30H40N2O7/c1-5-36-25-10-7-6-9-22(25)16-18-31-28(35)30(17-15-26(34)39-29(2,3)4)21-38-27(32-30)23-11-13-24(14-12-23)37-20-8-19-33/h6-7,9-14,33H,5,8,15-21H2,1-4H3,(H,31,35)/t30-/m1/s1. The lowest BCUT2D eigenvalue weighted by molar-refractivity contribution is -0.155. The molecule has 0 spiro atoms. The van der Waals surface area contributed by atoms with Gasteiger partial charge in [0.05, 0.1) is 13.2 Å². The van der Waals surface area contributed by atoms with Crippen LogP contribution in [0.15, 0.2) is 53.5 Å². The zero-order valence-electron chi connectivity index (χ0n) is 23.3. The summed E-state index contributed by atoms with van der Waals surface area (Å²) >= 11 is 0. The van der Waals surface area contributed by atoms with E-state index in [1.165, 1.54) is 0 Å². The Morgan fingerprint density at radius 1 is 1.10 bits per heavy atom. The van der Waals surface area contributed by atoms with Crippen LogP contribution in [0.2, 0.25) is 0 Å². The van der Waals surface area contributed by atoms with E-state index >= 15 is 0 Å². The van der Waals surface area contributed by atoms with Crippen molar-refractivity contribution in [1.29, 1.82) is 0 Å². The molecule has 0 aromatic heterocycles. The third kappa shape index (κ3) is 8.99. The van der Waals surface area contributed by atoms with Gasteiger partial charge in [-0.25, -0.2) is 4.99 Å². The molecule has 1 aliphatic rings. The van der Waals surface area contributed by atoms with E-state index in [9.17, 15) is 9.59 Å². The number of aliphatic hydroxyl groups is 1. The smallest absolute Gasteiger partial charge is 0.306 e. The summed E-state index contributed by atoms with van der Waals surface area (Å²) in [6, 6.07) is 14.9. The molecular formula is C30H40N2O7. The average molecular weight is 541 g/mol. The van der Waals surface area contributed by atoms with Gasteiger partial charge in [0.15, 0.2) is 5.54 Å². The zero-order chi connectivity index (χ0) is 28.3. The molecule has 0 fully saturated rings. The number of ether oxygens (including phenoxy) is 4. The quantitative estimate of drug-likeness (QED) is 0.276. The van der Waals surface area contributed by atoms with Crippen molar-refractivity contribution >= 4 is 17.8 Å². The third-order valence-corrected chi connectivity index (χ3v) is 5.97. The van der Waals surface area contributed by atoms with Crippen molar-refractivity contribution in [2.45, 2.75) is 64.5 Å². The molecule has 2 N–H and O–H groups in total. The van der Waals surface area contributed by atoms with Crippen LogP contribution in [0.3, 0.4) is 0 Å². The number of nitrogens with one attached hydrogen (secondary N) is 1. The van der Waals surface area contributed by atoms with Crippen LogP contribution in [-0.2, 0) is 25.5 Å². The van der Waals surface area contributed by atoms with Crippen LogP contribution < -0.4 is 14.8 Å². The van der Waals surface area contributed by atoms with Gasteiger partial charge in [0.2, 0.25) is 5.90 Å². The summed E-state index contributed by atoms with van der Waals surface area (Å²) in [5, 5.41) is 11.9. The normalized spacial score (nSPS) is 16.7. The van der Waals surface area contributed by atoms with E-state index in [0.717, 1.165) is 11.3 Å². The summed E-state index contributed by atoms with van der Waals surface area (Å²) in [5.41, 5.74) is -0.193. The van der Waals surface area contributed by atoms with Crippen LogP contribution in [0.4, 0.5) is 0 Å². The monoisotopic (exact) mass is 540 g/mol. The Kier molecular flexibility index (Phi) is 10.7. The number of amides is 1. The van der Waals surface area contributed by atoms with Crippen molar-refractivity contribution in [2.75, 3.05) is 33.0 Å². The number of rotatable bonds is 14. The number of nitrogens with zero attached hydrogens (tertiary/aromatic N) is 1. The van der Waals surface area contributed by atoms with Gasteiger partial charge in [0.1, 0.15) is 23.7 Å². The molecule has 1 atom stereocenters. The maximum Gasteiger partial charge on any atom is 0.306 e. The second kappa shape index (κ2) is 14.0. The average Bonchev–Trinajstić information content (AvgIpc) is 3.34. The molecule has 212 valence electrons. The topological polar surface area (TPSA) is 116 Å². The molecule has 39 heavy (non-hydrogen) atoms.